The molecule has 0 spiro atoms. The van der Waals surface area contributed by atoms with Crippen molar-refractivity contribution in [3.05, 3.63) is 0 Å². The number of nitrogens with zero attached hydrogens (tertiary/aromatic N) is 1. The lowest BCUT2D eigenvalue weighted by molar-refractivity contribution is -0.154. The van der Waals surface area contributed by atoms with E-state index in [0.717, 1.165) is 44.8 Å². The molecule has 1 saturated carbocycles. The Morgan fingerprint density at radius 2 is 2.16 bits per heavy atom. The molecule has 0 aromatic heterocycles. The van der Waals surface area contributed by atoms with Gasteiger partial charge >= 0.3 is 5.97 Å². The smallest absolute Gasteiger partial charge is 0.310 e. The van der Waals surface area contributed by atoms with Crippen molar-refractivity contribution in [2.75, 3.05) is 19.6 Å². The van der Waals surface area contributed by atoms with E-state index in [1.54, 1.807) is 0 Å². The van der Waals surface area contributed by atoms with Gasteiger partial charge < -0.3 is 10.0 Å². The third-order valence-corrected chi connectivity index (χ3v) is 5.25. The van der Waals surface area contributed by atoms with E-state index in [4.69, 9.17) is 0 Å². The Balaban J connectivity index is 2.02. The van der Waals surface area contributed by atoms with Crippen LogP contribution < -0.4 is 0 Å². The second kappa shape index (κ2) is 6.25. The second-order valence-electron chi connectivity index (χ2n) is 6.94. The second-order valence-corrected chi connectivity index (χ2v) is 6.94. The van der Waals surface area contributed by atoms with Crippen LogP contribution >= 0.6 is 0 Å². The van der Waals surface area contributed by atoms with Crippen LogP contribution in [0, 0.1) is 17.3 Å². The number of likely N-dealkylation sites (tertiary alicyclic amines) is 1. The number of rotatable bonds is 4. The van der Waals surface area contributed by atoms with Crippen LogP contribution in [0.3, 0.4) is 0 Å². The molecule has 3 unspecified atom stereocenters. The summed E-state index contributed by atoms with van der Waals surface area (Å²) >= 11 is 0. The Morgan fingerprint density at radius 3 is 2.79 bits per heavy atom. The van der Waals surface area contributed by atoms with Crippen LogP contribution in [0.4, 0.5) is 0 Å². The zero-order valence-electron chi connectivity index (χ0n) is 12.5. The van der Waals surface area contributed by atoms with E-state index in [1.807, 2.05) is 0 Å². The van der Waals surface area contributed by atoms with Crippen molar-refractivity contribution in [1.29, 1.82) is 0 Å². The normalized spacial score (nSPS) is 37.2. The first-order valence-corrected chi connectivity index (χ1v) is 8.01. The van der Waals surface area contributed by atoms with Gasteiger partial charge in [-0.25, -0.2) is 0 Å². The summed E-state index contributed by atoms with van der Waals surface area (Å²) in [5.41, 5.74) is -0.465. The highest BCUT2D eigenvalue weighted by Crippen LogP contribution is 2.41. The number of hydrogen-bond donors (Lipinski definition) is 1. The first kappa shape index (κ1) is 14.8. The van der Waals surface area contributed by atoms with E-state index in [-0.39, 0.29) is 0 Å². The molecule has 3 atom stereocenters. The summed E-state index contributed by atoms with van der Waals surface area (Å²) < 4.78 is 0. The Bertz CT molecular complexity index is 318. The quantitative estimate of drug-likeness (QED) is 0.849. The first-order valence-electron chi connectivity index (χ1n) is 8.01. The molecule has 3 nitrogen and oxygen atoms in total. The minimum absolute atomic E-state index is 0.465. The highest BCUT2D eigenvalue weighted by molar-refractivity contribution is 5.75. The molecule has 1 N–H and O–H groups in total. The molecule has 0 amide bonds. The molecule has 2 fully saturated rings. The zero-order valence-corrected chi connectivity index (χ0v) is 12.5. The van der Waals surface area contributed by atoms with Crippen molar-refractivity contribution in [2.24, 2.45) is 17.3 Å². The Morgan fingerprint density at radius 1 is 1.37 bits per heavy atom. The highest BCUT2D eigenvalue weighted by atomic mass is 16.4. The number of piperidine rings is 1. The van der Waals surface area contributed by atoms with Crippen LogP contribution in [0.1, 0.15) is 58.8 Å². The topological polar surface area (TPSA) is 40.5 Å². The van der Waals surface area contributed by atoms with Gasteiger partial charge in [0.25, 0.3) is 0 Å². The van der Waals surface area contributed by atoms with Gasteiger partial charge in [-0.3, -0.25) is 4.79 Å². The standard InChI is InChI=1S/C16H29NO2/c1-3-14-7-5-9-17(11-14)12-16(15(18)19)8-4-6-13(2)10-16/h13-14H,3-12H2,1-2H3,(H,18,19). The predicted octanol–water partition coefficient (Wildman–Crippen LogP) is 3.39. The van der Waals surface area contributed by atoms with Gasteiger partial charge in [-0.1, -0.05) is 33.1 Å². The molecule has 0 bridgehead atoms. The van der Waals surface area contributed by atoms with Crippen molar-refractivity contribution >= 4 is 5.97 Å². The van der Waals surface area contributed by atoms with E-state index >= 15 is 0 Å². The fraction of sp³-hybridized carbons (Fsp3) is 0.938. The van der Waals surface area contributed by atoms with Gasteiger partial charge in [-0.05, 0) is 44.1 Å². The molecule has 0 aromatic rings. The molecule has 19 heavy (non-hydrogen) atoms. The predicted molar refractivity (Wildman–Crippen MR) is 77.2 cm³/mol. The van der Waals surface area contributed by atoms with Crippen molar-refractivity contribution in [3.63, 3.8) is 0 Å². The van der Waals surface area contributed by atoms with Gasteiger partial charge in [0.15, 0.2) is 0 Å². The molecule has 3 heteroatoms. The van der Waals surface area contributed by atoms with E-state index in [2.05, 4.69) is 18.7 Å². The van der Waals surface area contributed by atoms with E-state index in [1.165, 1.54) is 25.7 Å². The van der Waals surface area contributed by atoms with Gasteiger partial charge in [0, 0.05) is 13.1 Å². The molecular formula is C16H29NO2. The fourth-order valence-electron chi connectivity index (χ4n) is 4.12. The molecule has 110 valence electrons. The van der Waals surface area contributed by atoms with Gasteiger partial charge in [-0.15, -0.1) is 0 Å². The van der Waals surface area contributed by atoms with Crippen molar-refractivity contribution in [2.45, 2.75) is 58.8 Å². The van der Waals surface area contributed by atoms with Crippen molar-refractivity contribution in [3.8, 4) is 0 Å². The van der Waals surface area contributed by atoms with Crippen molar-refractivity contribution in [1.82, 2.24) is 4.90 Å². The van der Waals surface area contributed by atoms with E-state index < -0.39 is 11.4 Å². The minimum Gasteiger partial charge on any atom is -0.481 e. The Kier molecular flexibility index (Phi) is 4.88. The van der Waals surface area contributed by atoms with Gasteiger partial charge in [0.2, 0.25) is 0 Å². The molecule has 0 radical (unpaired) electrons. The maximum Gasteiger partial charge on any atom is 0.310 e. The molecule has 1 aliphatic heterocycles. The zero-order chi connectivity index (χ0) is 13.9. The SMILES string of the molecule is CCC1CCCN(CC2(C(=O)O)CCCC(C)C2)C1. The number of carboxylic acids is 1. The van der Waals surface area contributed by atoms with Crippen LogP contribution in [0.2, 0.25) is 0 Å². The molecule has 1 aliphatic carbocycles. The van der Waals surface area contributed by atoms with Crippen LogP contribution in [0.5, 0.6) is 0 Å². The highest BCUT2D eigenvalue weighted by Gasteiger charge is 2.43. The molecule has 2 rings (SSSR count). The van der Waals surface area contributed by atoms with Crippen LogP contribution in [-0.2, 0) is 4.79 Å². The average Bonchev–Trinajstić information content (AvgIpc) is 2.38. The largest absolute Gasteiger partial charge is 0.481 e. The van der Waals surface area contributed by atoms with E-state index in [0.29, 0.717) is 5.92 Å². The third kappa shape index (κ3) is 3.50. The van der Waals surface area contributed by atoms with Crippen LogP contribution in [0.25, 0.3) is 0 Å². The fourth-order valence-corrected chi connectivity index (χ4v) is 4.12. The lowest BCUT2D eigenvalue weighted by Gasteiger charge is -2.42. The number of hydrogen-bond acceptors (Lipinski definition) is 2. The molecular weight excluding hydrogens is 238 g/mol. The van der Waals surface area contributed by atoms with Gasteiger partial charge in [-0.2, -0.15) is 0 Å². The average molecular weight is 267 g/mol. The summed E-state index contributed by atoms with van der Waals surface area (Å²) in [5, 5.41) is 9.73. The molecule has 2 aliphatic rings. The lowest BCUT2D eigenvalue weighted by Crippen LogP contribution is -2.48. The van der Waals surface area contributed by atoms with E-state index in [9.17, 15) is 9.90 Å². The Hall–Kier alpha value is -0.570. The summed E-state index contributed by atoms with van der Waals surface area (Å²) in [4.78, 5) is 14.3. The molecule has 1 saturated heterocycles. The molecule has 1 heterocycles. The van der Waals surface area contributed by atoms with Crippen LogP contribution in [-0.4, -0.2) is 35.6 Å². The lowest BCUT2D eigenvalue weighted by atomic mass is 9.69. The summed E-state index contributed by atoms with van der Waals surface area (Å²) in [7, 11) is 0. The summed E-state index contributed by atoms with van der Waals surface area (Å²) in [5.74, 6) is 0.787. The summed E-state index contributed by atoms with van der Waals surface area (Å²) in [6.07, 6.45) is 7.82. The van der Waals surface area contributed by atoms with Crippen molar-refractivity contribution < 1.29 is 9.90 Å². The maximum absolute atomic E-state index is 11.8. The van der Waals surface area contributed by atoms with Crippen LogP contribution in [0.15, 0.2) is 0 Å². The summed E-state index contributed by atoms with van der Waals surface area (Å²) in [6.45, 7) is 7.45. The maximum atomic E-state index is 11.8. The monoisotopic (exact) mass is 267 g/mol. The van der Waals surface area contributed by atoms with Gasteiger partial charge in [0.1, 0.15) is 0 Å². The Labute approximate surface area is 117 Å². The van der Waals surface area contributed by atoms with Gasteiger partial charge in [0.05, 0.1) is 5.41 Å². The number of aliphatic carboxylic acids is 1. The number of carbonyl (C=O) groups is 1. The molecule has 0 aromatic carbocycles. The minimum atomic E-state index is -0.558. The third-order valence-electron chi connectivity index (χ3n) is 5.25. The summed E-state index contributed by atoms with van der Waals surface area (Å²) in [6, 6.07) is 0. The number of carboxylic acid groups (broad SMARTS) is 1. The first-order chi connectivity index (χ1) is 9.05.